The van der Waals surface area contributed by atoms with Crippen LogP contribution < -0.4 is 4.90 Å². The van der Waals surface area contributed by atoms with Gasteiger partial charge in [-0.05, 0) is 29.3 Å². The maximum absolute atomic E-state index is 13.8. The van der Waals surface area contributed by atoms with Gasteiger partial charge in [-0.3, -0.25) is 19.7 Å². The highest BCUT2D eigenvalue weighted by Gasteiger charge is 2.75. The quantitative estimate of drug-likeness (QED) is 0.278. The lowest BCUT2D eigenvalue weighted by molar-refractivity contribution is -0.578. The van der Waals surface area contributed by atoms with Crippen molar-refractivity contribution >= 4 is 29.1 Å². The molecule has 10 heteroatoms. The number of carbonyl (C=O) groups excluding carboxylic acids is 2. The average Bonchev–Trinajstić information content (AvgIpc) is 3.09. The molecule has 1 aliphatic heterocycles. The fourth-order valence-electron chi connectivity index (χ4n) is 6.14. The fraction of sp³-hybridized carbons (Fsp3) is 0.200. The molecule has 1 saturated heterocycles. The number of benzene rings is 3. The Morgan fingerprint density at radius 1 is 0.914 bits per heavy atom. The van der Waals surface area contributed by atoms with Crippen molar-refractivity contribution in [3.63, 3.8) is 0 Å². The first kappa shape index (κ1) is 21.8. The Hall–Kier alpha value is -3.72. The second-order valence-electron chi connectivity index (χ2n) is 8.85. The number of nitrogens with zero attached hydrogens (tertiary/aromatic N) is 2. The molecule has 2 bridgehead atoms. The van der Waals surface area contributed by atoms with Gasteiger partial charge in [0.25, 0.3) is 5.54 Å². The van der Waals surface area contributed by atoms with Gasteiger partial charge in [-0.15, -0.1) is 0 Å². The molecule has 1 heterocycles. The van der Waals surface area contributed by atoms with Crippen LogP contribution in [-0.2, 0) is 21.3 Å². The molecule has 3 aromatic rings. The molecule has 0 saturated carbocycles. The maximum Gasteiger partial charge on any atom is 0.416 e. The lowest BCUT2D eigenvalue weighted by atomic mass is 9.51. The van der Waals surface area contributed by atoms with E-state index in [1.807, 2.05) is 0 Å². The van der Waals surface area contributed by atoms with Crippen molar-refractivity contribution in [1.29, 1.82) is 0 Å². The third-order valence-corrected chi connectivity index (χ3v) is 7.70. The highest BCUT2D eigenvalue weighted by Crippen LogP contribution is 2.64. The Labute approximate surface area is 201 Å². The minimum Gasteiger partial charge on any atom is -0.274 e. The normalized spacial score (nSPS) is 26.4. The van der Waals surface area contributed by atoms with Gasteiger partial charge in [-0.25, -0.2) is 4.90 Å². The molecular weight excluding hydrogens is 485 g/mol. The summed E-state index contributed by atoms with van der Waals surface area (Å²) >= 11 is 6.17. The molecule has 0 aromatic heterocycles. The lowest BCUT2D eigenvalue weighted by Crippen LogP contribution is -2.57. The van der Waals surface area contributed by atoms with Crippen LogP contribution in [0.4, 0.5) is 18.9 Å². The first-order valence-corrected chi connectivity index (χ1v) is 11.1. The number of halogens is 4. The Bertz CT molecular complexity index is 1420. The van der Waals surface area contributed by atoms with Crippen LogP contribution >= 0.6 is 11.6 Å². The molecule has 3 aliphatic carbocycles. The molecule has 2 amide bonds. The van der Waals surface area contributed by atoms with Crippen LogP contribution in [0.3, 0.4) is 0 Å². The van der Waals surface area contributed by atoms with Crippen LogP contribution in [-0.4, -0.2) is 16.7 Å². The Balaban J connectivity index is 1.63. The first-order chi connectivity index (χ1) is 16.6. The first-order valence-electron chi connectivity index (χ1n) is 10.7. The Kier molecular flexibility index (Phi) is 4.30. The second kappa shape index (κ2) is 6.91. The Morgan fingerprint density at radius 3 is 2.03 bits per heavy atom. The minimum atomic E-state index is -4.74. The number of rotatable bonds is 2. The molecule has 4 aliphatic rings. The number of nitro groups is 1. The van der Waals surface area contributed by atoms with Crippen LogP contribution in [0.15, 0.2) is 66.7 Å². The lowest BCUT2D eigenvalue weighted by Gasteiger charge is -2.48. The van der Waals surface area contributed by atoms with Crippen molar-refractivity contribution in [1.82, 2.24) is 0 Å². The summed E-state index contributed by atoms with van der Waals surface area (Å²) in [4.78, 5) is 40.6. The van der Waals surface area contributed by atoms with Crippen molar-refractivity contribution in [3.05, 3.63) is 110 Å². The summed E-state index contributed by atoms with van der Waals surface area (Å²) in [6.45, 7) is 0. The van der Waals surface area contributed by atoms with E-state index in [4.69, 9.17) is 11.6 Å². The molecule has 0 spiro atoms. The van der Waals surface area contributed by atoms with Crippen molar-refractivity contribution in [3.8, 4) is 0 Å². The van der Waals surface area contributed by atoms with Gasteiger partial charge in [0.1, 0.15) is 5.92 Å². The molecule has 0 N–H and O–H groups in total. The summed E-state index contributed by atoms with van der Waals surface area (Å²) in [7, 11) is 0. The highest BCUT2D eigenvalue weighted by atomic mass is 35.5. The number of imide groups is 1. The molecule has 7 rings (SSSR count). The van der Waals surface area contributed by atoms with Gasteiger partial charge in [-0.1, -0.05) is 60.1 Å². The zero-order valence-corrected chi connectivity index (χ0v) is 18.4. The molecule has 35 heavy (non-hydrogen) atoms. The van der Waals surface area contributed by atoms with Gasteiger partial charge in [-0.2, -0.15) is 13.2 Å². The van der Waals surface area contributed by atoms with Crippen molar-refractivity contribution in [2.45, 2.75) is 17.6 Å². The monoisotopic (exact) mass is 498 g/mol. The van der Waals surface area contributed by atoms with E-state index in [2.05, 4.69) is 0 Å². The summed E-state index contributed by atoms with van der Waals surface area (Å²) in [5.74, 6) is -5.01. The van der Waals surface area contributed by atoms with Crippen molar-refractivity contribution in [2.75, 3.05) is 4.90 Å². The number of carbonyl (C=O) groups is 2. The summed E-state index contributed by atoms with van der Waals surface area (Å²) < 4.78 is 40.2. The maximum atomic E-state index is 13.8. The highest BCUT2D eigenvalue weighted by molar-refractivity contribution is 6.36. The van der Waals surface area contributed by atoms with Crippen molar-refractivity contribution in [2.24, 2.45) is 11.8 Å². The molecule has 176 valence electrons. The second-order valence-corrected chi connectivity index (χ2v) is 9.26. The van der Waals surface area contributed by atoms with E-state index < -0.39 is 57.5 Å². The largest absolute Gasteiger partial charge is 0.416 e. The standard InChI is InChI=1S/C25H14ClF3N2O4/c26-17-10-9-12(25(27,28)29)11-18(17)30-22(32)20-19-13-5-1-3-7-15(13)24(31(34)35,21(20)23(30)33)16-8-4-2-6-14(16)19/h1-11,19-21H/t19?,20-,21-,24?/m0/s1. The summed E-state index contributed by atoms with van der Waals surface area (Å²) in [5.41, 5.74) is -1.85. The van der Waals surface area contributed by atoms with E-state index in [0.717, 1.165) is 12.1 Å². The number of amides is 2. The third kappa shape index (κ3) is 2.56. The van der Waals surface area contributed by atoms with E-state index in [1.165, 1.54) is 0 Å². The molecule has 0 radical (unpaired) electrons. The molecule has 6 nitrogen and oxygen atoms in total. The van der Waals surface area contributed by atoms with Crippen molar-refractivity contribution < 1.29 is 27.7 Å². The summed E-state index contributed by atoms with van der Waals surface area (Å²) in [6, 6.07) is 15.6. The summed E-state index contributed by atoms with van der Waals surface area (Å²) in [6.07, 6.45) is -4.74. The average molecular weight is 499 g/mol. The van der Waals surface area contributed by atoms with Crippen LogP contribution in [0, 0.1) is 22.0 Å². The van der Waals surface area contributed by atoms with Gasteiger partial charge in [0.15, 0.2) is 0 Å². The number of hydrogen-bond acceptors (Lipinski definition) is 4. The fourth-order valence-corrected chi connectivity index (χ4v) is 6.34. The SMILES string of the molecule is O=C1[C@@H]2[C@@H](C(=O)N1c1cc(C(F)(F)F)ccc1Cl)C1c3ccccc3C2([N+](=O)[O-])c2ccccc21. The van der Waals surface area contributed by atoms with E-state index in [-0.39, 0.29) is 5.02 Å². The number of alkyl halides is 3. The van der Waals surface area contributed by atoms with E-state index >= 15 is 0 Å². The topological polar surface area (TPSA) is 80.5 Å². The minimum absolute atomic E-state index is 0.240. The Morgan fingerprint density at radius 2 is 1.49 bits per heavy atom. The zero-order valence-electron chi connectivity index (χ0n) is 17.6. The molecule has 3 aromatic carbocycles. The zero-order chi connectivity index (χ0) is 24.9. The molecule has 0 unspecified atom stereocenters. The number of hydrogen-bond donors (Lipinski definition) is 0. The van der Waals surface area contributed by atoms with E-state index in [0.29, 0.717) is 33.2 Å². The third-order valence-electron chi connectivity index (χ3n) is 7.38. The smallest absolute Gasteiger partial charge is 0.274 e. The van der Waals surface area contributed by atoms with Gasteiger partial charge in [0.2, 0.25) is 11.8 Å². The summed E-state index contributed by atoms with van der Waals surface area (Å²) in [5, 5.41) is 12.7. The molecular formula is C25H14ClF3N2O4. The molecule has 2 atom stereocenters. The van der Waals surface area contributed by atoms with E-state index in [1.54, 1.807) is 48.5 Å². The van der Waals surface area contributed by atoms with E-state index in [9.17, 15) is 32.9 Å². The van der Waals surface area contributed by atoms with Gasteiger partial charge in [0.05, 0.1) is 22.2 Å². The van der Waals surface area contributed by atoms with Gasteiger partial charge in [0, 0.05) is 22.0 Å². The van der Waals surface area contributed by atoms with Crippen LogP contribution in [0.2, 0.25) is 5.02 Å². The predicted octanol–water partition coefficient (Wildman–Crippen LogP) is 5.14. The van der Waals surface area contributed by atoms with Gasteiger partial charge >= 0.3 is 6.18 Å². The number of anilines is 1. The van der Waals surface area contributed by atoms with Crippen LogP contribution in [0.1, 0.15) is 33.7 Å². The van der Waals surface area contributed by atoms with Crippen LogP contribution in [0.25, 0.3) is 0 Å². The van der Waals surface area contributed by atoms with Crippen LogP contribution in [0.5, 0.6) is 0 Å². The van der Waals surface area contributed by atoms with Gasteiger partial charge < -0.3 is 0 Å². The predicted molar refractivity (Wildman–Crippen MR) is 118 cm³/mol. The molecule has 1 fully saturated rings.